The Morgan fingerprint density at radius 1 is 1.44 bits per heavy atom. The molecule has 1 N–H and O–H groups in total. The molecule has 0 aromatic rings. The largest absolute Gasteiger partial charge is 0.548 e. The van der Waals surface area contributed by atoms with Crippen LogP contribution >= 0.6 is 11.8 Å². The average Bonchev–Trinajstić information content (AvgIpc) is 2.08. The van der Waals surface area contributed by atoms with Gasteiger partial charge in [-0.3, -0.25) is 0 Å². The third-order valence-electron chi connectivity index (χ3n) is 1.59. The average molecular weight is 248 g/mol. The number of rotatable bonds is 5. The second kappa shape index (κ2) is 6.62. The summed E-state index contributed by atoms with van der Waals surface area (Å²) in [6.45, 7) is 5.13. The number of hydrogen-bond donors (Lipinski definition) is 1. The van der Waals surface area contributed by atoms with E-state index in [9.17, 15) is 14.7 Å². The lowest BCUT2D eigenvalue weighted by atomic mass is 10.2. The van der Waals surface area contributed by atoms with Crippen LogP contribution in [-0.2, 0) is 9.53 Å². The summed E-state index contributed by atoms with van der Waals surface area (Å²) >= 11 is 1.50. The van der Waals surface area contributed by atoms with E-state index in [1.807, 2.05) is 6.26 Å². The first-order valence-corrected chi connectivity index (χ1v) is 6.35. The Kier molecular flexibility index (Phi) is 6.25. The summed E-state index contributed by atoms with van der Waals surface area (Å²) in [5.74, 6) is -0.658. The van der Waals surface area contributed by atoms with Crippen LogP contribution in [0.4, 0.5) is 4.79 Å². The minimum absolute atomic E-state index is 0.322. The molecule has 0 aromatic carbocycles. The summed E-state index contributed by atoms with van der Waals surface area (Å²) in [5, 5.41) is 13.0. The summed E-state index contributed by atoms with van der Waals surface area (Å²) in [5.41, 5.74) is -0.639. The molecule has 0 aliphatic heterocycles. The molecule has 0 saturated heterocycles. The molecule has 0 spiro atoms. The number of ether oxygens (including phenoxy) is 1. The Hall–Kier alpha value is -0.910. The number of carbonyl (C=O) groups excluding carboxylic acids is 2. The second-order valence-electron chi connectivity index (χ2n) is 4.30. The molecule has 6 heteroatoms. The molecule has 0 saturated carbocycles. The lowest BCUT2D eigenvalue weighted by molar-refractivity contribution is -0.308. The molecule has 0 bridgehead atoms. The standard InChI is InChI=1S/C10H19NO4S/c1-10(2,3)15-9(14)11-7(8(12)13)5-6-16-4/h7H,5-6H2,1-4H3,(H,11,14)(H,12,13)/p-1. The Balaban J connectivity index is 4.19. The van der Waals surface area contributed by atoms with Crippen molar-refractivity contribution in [3.8, 4) is 0 Å². The van der Waals surface area contributed by atoms with Gasteiger partial charge < -0.3 is 20.0 Å². The van der Waals surface area contributed by atoms with Crippen LogP contribution in [0.2, 0.25) is 0 Å². The number of aliphatic carboxylic acids is 1. The fourth-order valence-electron chi connectivity index (χ4n) is 0.934. The highest BCUT2D eigenvalue weighted by atomic mass is 32.2. The molecule has 0 aromatic heterocycles. The number of carboxylic acid groups (broad SMARTS) is 1. The van der Waals surface area contributed by atoms with Crippen LogP contribution < -0.4 is 10.4 Å². The van der Waals surface area contributed by atoms with Crippen molar-refractivity contribution >= 4 is 23.8 Å². The predicted molar refractivity (Wildman–Crippen MR) is 61.2 cm³/mol. The highest BCUT2D eigenvalue weighted by Gasteiger charge is 2.19. The third kappa shape index (κ3) is 7.39. The van der Waals surface area contributed by atoms with E-state index >= 15 is 0 Å². The Morgan fingerprint density at radius 3 is 2.38 bits per heavy atom. The van der Waals surface area contributed by atoms with E-state index in [4.69, 9.17) is 4.74 Å². The van der Waals surface area contributed by atoms with Crippen molar-refractivity contribution in [2.24, 2.45) is 0 Å². The van der Waals surface area contributed by atoms with Crippen LogP contribution in [0.1, 0.15) is 27.2 Å². The fraction of sp³-hybridized carbons (Fsp3) is 0.800. The van der Waals surface area contributed by atoms with Gasteiger partial charge in [0.1, 0.15) is 5.60 Å². The molecule has 1 unspecified atom stereocenters. The number of thioether (sulfide) groups is 1. The third-order valence-corrected chi connectivity index (χ3v) is 2.23. The van der Waals surface area contributed by atoms with E-state index in [0.717, 1.165) is 0 Å². The normalized spacial score (nSPS) is 13.0. The summed E-state index contributed by atoms with van der Waals surface area (Å²) in [6, 6.07) is -0.998. The van der Waals surface area contributed by atoms with Crippen molar-refractivity contribution in [1.29, 1.82) is 0 Å². The lowest BCUT2D eigenvalue weighted by Gasteiger charge is -2.24. The minimum Gasteiger partial charge on any atom is -0.548 e. The summed E-state index contributed by atoms with van der Waals surface area (Å²) < 4.78 is 4.95. The van der Waals surface area contributed by atoms with Gasteiger partial charge in [0.05, 0.1) is 12.0 Å². The molecule has 5 nitrogen and oxygen atoms in total. The molecule has 16 heavy (non-hydrogen) atoms. The Bertz CT molecular complexity index is 250. The summed E-state index contributed by atoms with van der Waals surface area (Å²) in [6.07, 6.45) is 1.45. The maximum absolute atomic E-state index is 11.3. The highest BCUT2D eigenvalue weighted by molar-refractivity contribution is 7.98. The zero-order valence-corrected chi connectivity index (χ0v) is 10.8. The van der Waals surface area contributed by atoms with Gasteiger partial charge in [-0.1, -0.05) is 0 Å². The van der Waals surface area contributed by atoms with Crippen molar-refractivity contribution in [3.63, 3.8) is 0 Å². The summed E-state index contributed by atoms with van der Waals surface area (Å²) in [4.78, 5) is 22.0. The van der Waals surface area contributed by atoms with Crippen molar-refractivity contribution in [2.75, 3.05) is 12.0 Å². The first-order valence-electron chi connectivity index (χ1n) is 4.95. The number of alkyl carbamates (subject to hydrolysis) is 1. The lowest BCUT2D eigenvalue weighted by Crippen LogP contribution is -2.49. The van der Waals surface area contributed by atoms with Crippen molar-refractivity contribution in [1.82, 2.24) is 5.32 Å². The van der Waals surface area contributed by atoms with Gasteiger partial charge in [-0.25, -0.2) is 4.79 Å². The van der Waals surface area contributed by atoms with Crippen LogP contribution in [0.3, 0.4) is 0 Å². The first-order chi connectivity index (χ1) is 7.26. The zero-order valence-electron chi connectivity index (χ0n) is 10.0. The Morgan fingerprint density at radius 2 is 2.00 bits per heavy atom. The minimum atomic E-state index is -1.29. The number of amides is 1. The molecule has 0 radical (unpaired) electrons. The van der Waals surface area contributed by atoms with Crippen LogP contribution in [-0.4, -0.2) is 35.7 Å². The van der Waals surface area contributed by atoms with E-state index in [1.54, 1.807) is 20.8 Å². The van der Waals surface area contributed by atoms with Crippen LogP contribution in [0, 0.1) is 0 Å². The highest BCUT2D eigenvalue weighted by Crippen LogP contribution is 2.07. The number of hydrogen-bond acceptors (Lipinski definition) is 5. The summed E-state index contributed by atoms with van der Waals surface area (Å²) in [7, 11) is 0. The topological polar surface area (TPSA) is 78.5 Å². The SMILES string of the molecule is CSCCC(NC(=O)OC(C)(C)C)C(=O)[O-]. The molecule has 0 rings (SSSR count). The molecule has 1 amide bonds. The van der Waals surface area contributed by atoms with Gasteiger partial charge in [-0.2, -0.15) is 11.8 Å². The fourth-order valence-corrected chi connectivity index (χ4v) is 1.41. The van der Waals surface area contributed by atoms with Crippen LogP contribution in [0.15, 0.2) is 0 Å². The number of carbonyl (C=O) groups is 2. The zero-order chi connectivity index (χ0) is 12.8. The van der Waals surface area contributed by atoms with Crippen LogP contribution in [0.5, 0.6) is 0 Å². The maximum Gasteiger partial charge on any atom is 0.408 e. The molecule has 0 fully saturated rings. The van der Waals surface area contributed by atoms with Gasteiger partial charge in [-0.05, 0) is 39.2 Å². The van der Waals surface area contributed by atoms with E-state index in [-0.39, 0.29) is 0 Å². The molecular weight excluding hydrogens is 230 g/mol. The molecule has 0 aliphatic carbocycles. The van der Waals surface area contributed by atoms with Gasteiger partial charge in [0.25, 0.3) is 0 Å². The van der Waals surface area contributed by atoms with E-state index in [2.05, 4.69) is 5.32 Å². The predicted octanol–water partition coefficient (Wildman–Crippen LogP) is 0.383. The molecule has 0 heterocycles. The molecule has 0 aliphatic rings. The van der Waals surface area contributed by atoms with Crippen molar-refractivity contribution in [2.45, 2.75) is 38.8 Å². The second-order valence-corrected chi connectivity index (χ2v) is 5.28. The van der Waals surface area contributed by atoms with E-state index in [0.29, 0.717) is 12.2 Å². The van der Waals surface area contributed by atoms with Crippen molar-refractivity contribution in [3.05, 3.63) is 0 Å². The number of carboxylic acids is 1. The van der Waals surface area contributed by atoms with Gasteiger partial charge in [0.15, 0.2) is 0 Å². The van der Waals surface area contributed by atoms with Gasteiger partial charge in [0.2, 0.25) is 0 Å². The first kappa shape index (κ1) is 15.1. The quantitative estimate of drug-likeness (QED) is 0.761. The monoisotopic (exact) mass is 248 g/mol. The molecule has 1 atom stereocenters. The Labute approximate surface area is 99.9 Å². The number of nitrogens with one attached hydrogen (secondary N) is 1. The van der Waals surface area contributed by atoms with Gasteiger partial charge in [-0.15, -0.1) is 0 Å². The molecular formula is C10H18NO4S-. The van der Waals surface area contributed by atoms with E-state index in [1.165, 1.54) is 11.8 Å². The van der Waals surface area contributed by atoms with E-state index < -0.39 is 23.7 Å². The maximum atomic E-state index is 11.3. The van der Waals surface area contributed by atoms with Crippen LogP contribution in [0.25, 0.3) is 0 Å². The van der Waals surface area contributed by atoms with Gasteiger partial charge in [0, 0.05) is 0 Å². The smallest absolute Gasteiger partial charge is 0.408 e. The van der Waals surface area contributed by atoms with Crippen molar-refractivity contribution < 1.29 is 19.4 Å². The molecule has 94 valence electrons. The van der Waals surface area contributed by atoms with Gasteiger partial charge >= 0.3 is 6.09 Å².